The van der Waals surface area contributed by atoms with Crippen LogP contribution in [-0.2, 0) is 4.79 Å². The molecular weight excluding hydrogens is 258 g/mol. The SMILES string of the molecule is Cc1cc(C(=O)N[C@H](C)C(N)=O)ccc1-n1cncn1. The highest BCUT2D eigenvalue weighted by molar-refractivity contribution is 5.97. The number of amides is 2. The van der Waals surface area contributed by atoms with Crippen molar-refractivity contribution in [3.05, 3.63) is 42.0 Å². The number of primary amides is 1. The molecule has 0 radical (unpaired) electrons. The van der Waals surface area contributed by atoms with Crippen LogP contribution in [0.25, 0.3) is 5.69 Å². The molecule has 0 bridgehead atoms. The summed E-state index contributed by atoms with van der Waals surface area (Å²) in [4.78, 5) is 26.8. The zero-order valence-electron chi connectivity index (χ0n) is 11.2. The molecule has 0 saturated heterocycles. The summed E-state index contributed by atoms with van der Waals surface area (Å²) in [5, 5.41) is 6.57. The number of nitrogens with two attached hydrogens (primary N) is 1. The van der Waals surface area contributed by atoms with Gasteiger partial charge in [-0.2, -0.15) is 5.10 Å². The predicted molar refractivity (Wildman–Crippen MR) is 72.2 cm³/mol. The summed E-state index contributed by atoms with van der Waals surface area (Å²) >= 11 is 0. The lowest BCUT2D eigenvalue weighted by Crippen LogP contribution is -2.42. The van der Waals surface area contributed by atoms with Crippen LogP contribution in [0.4, 0.5) is 0 Å². The maximum Gasteiger partial charge on any atom is 0.251 e. The number of carbonyl (C=O) groups excluding carboxylic acids is 2. The molecule has 0 saturated carbocycles. The Labute approximate surface area is 115 Å². The zero-order valence-corrected chi connectivity index (χ0v) is 11.2. The molecule has 0 fully saturated rings. The molecule has 1 heterocycles. The summed E-state index contributed by atoms with van der Waals surface area (Å²) in [6.45, 7) is 3.40. The quantitative estimate of drug-likeness (QED) is 0.829. The molecule has 2 rings (SSSR count). The average Bonchev–Trinajstić information content (AvgIpc) is 2.92. The minimum Gasteiger partial charge on any atom is -0.368 e. The van der Waals surface area contributed by atoms with E-state index in [1.165, 1.54) is 13.3 Å². The predicted octanol–water partition coefficient (Wildman–Crippen LogP) is 0.179. The molecule has 20 heavy (non-hydrogen) atoms. The van der Waals surface area contributed by atoms with Gasteiger partial charge in [-0.3, -0.25) is 9.59 Å². The van der Waals surface area contributed by atoms with E-state index in [9.17, 15) is 9.59 Å². The first-order chi connectivity index (χ1) is 9.49. The monoisotopic (exact) mass is 273 g/mol. The van der Waals surface area contributed by atoms with Crippen LogP contribution in [0, 0.1) is 6.92 Å². The molecule has 0 aliphatic heterocycles. The standard InChI is InChI=1S/C13H15N5O2/c1-8-5-10(13(20)17-9(2)12(14)19)3-4-11(8)18-7-15-6-16-18/h3-7,9H,1-2H3,(H2,14,19)(H,17,20)/t9-/m1/s1. The number of nitrogens with zero attached hydrogens (tertiary/aromatic N) is 3. The highest BCUT2D eigenvalue weighted by atomic mass is 16.2. The van der Waals surface area contributed by atoms with E-state index in [4.69, 9.17) is 5.73 Å². The molecule has 104 valence electrons. The number of aryl methyl sites for hydroxylation is 1. The van der Waals surface area contributed by atoms with Crippen LogP contribution in [0.5, 0.6) is 0 Å². The molecule has 2 aromatic rings. The van der Waals surface area contributed by atoms with Gasteiger partial charge in [0.15, 0.2) is 0 Å². The summed E-state index contributed by atoms with van der Waals surface area (Å²) in [6.07, 6.45) is 3.02. The Hall–Kier alpha value is -2.70. The fourth-order valence-electron chi connectivity index (χ4n) is 1.74. The Morgan fingerprint density at radius 2 is 2.15 bits per heavy atom. The Morgan fingerprint density at radius 3 is 2.70 bits per heavy atom. The molecule has 1 aromatic heterocycles. The van der Waals surface area contributed by atoms with Crippen molar-refractivity contribution in [1.29, 1.82) is 0 Å². The van der Waals surface area contributed by atoms with Crippen molar-refractivity contribution in [2.75, 3.05) is 0 Å². The molecular formula is C13H15N5O2. The van der Waals surface area contributed by atoms with E-state index in [1.807, 2.05) is 6.92 Å². The Balaban J connectivity index is 2.21. The zero-order chi connectivity index (χ0) is 14.7. The summed E-state index contributed by atoms with van der Waals surface area (Å²) in [7, 11) is 0. The molecule has 0 aliphatic carbocycles. The number of nitrogens with one attached hydrogen (secondary N) is 1. The number of rotatable bonds is 4. The third kappa shape index (κ3) is 2.82. The topological polar surface area (TPSA) is 103 Å². The van der Waals surface area contributed by atoms with Gasteiger partial charge in [0.25, 0.3) is 5.91 Å². The molecule has 1 atom stereocenters. The second kappa shape index (κ2) is 5.52. The highest BCUT2D eigenvalue weighted by Crippen LogP contribution is 2.14. The molecule has 0 unspecified atom stereocenters. The van der Waals surface area contributed by atoms with Gasteiger partial charge in [-0.25, -0.2) is 9.67 Å². The molecule has 7 nitrogen and oxygen atoms in total. The van der Waals surface area contributed by atoms with Gasteiger partial charge in [-0.15, -0.1) is 0 Å². The molecule has 0 aliphatic rings. The lowest BCUT2D eigenvalue weighted by Gasteiger charge is -2.11. The van der Waals surface area contributed by atoms with Crippen LogP contribution in [0.1, 0.15) is 22.8 Å². The Morgan fingerprint density at radius 1 is 1.40 bits per heavy atom. The van der Waals surface area contributed by atoms with Crippen molar-refractivity contribution in [2.24, 2.45) is 5.73 Å². The van der Waals surface area contributed by atoms with E-state index in [0.29, 0.717) is 5.56 Å². The van der Waals surface area contributed by atoms with Gasteiger partial charge in [0.05, 0.1) is 5.69 Å². The first-order valence-electron chi connectivity index (χ1n) is 6.05. The molecule has 0 spiro atoms. The van der Waals surface area contributed by atoms with Gasteiger partial charge in [0.1, 0.15) is 18.7 Å². The smallest absolute Gasteiger partial charge is 0.251 e. The van der Waals surface area contributed by atoms with E-state index >= 15 is 0 Å². The Bertz CT molecular complexity index is 636. The number of hydrogen-bond donors (Lipinski definition) is 2. The number of aromatic nitrogens is 3. The van der Waals surface area contributed by atoms with Gasteiger partial charge in [0.2, 0.25) is 5.91 Å². The maximum absolute atomic E-state index is 12.0. The van der Waals surface area contributed by atoms with Crippen molar-refractivity contribution in [1.82, 2.24) is 20.1 Å². The first kappa shape index (κ1) is 13.7. The van der Waals surface area contributed by atoms with Crippen LogP contribution >= 0.6 is 0 Å². The average molecular weight is 273 g/mol. The van der Waals surface area contributed by atoms with E-state index in [-0.39, 0.29) is 5.91 Å². The van der Waals surface area contributed by atoms with E-state index in [1.54, 1.807) is 29.2 Å². The van der Waals surface area contributed by atoms with E-state index in [0.717, 1.165) is 11.3 Å². The van der Waals surface area contributed by atoms with Gasteiger partial charge >= 0.3 is 0 Å². The fraction of sp³-hybridized carbons (Fsp3) is 0.231. The number of hydrogen-bond acceptors (Lipinski definition) is 4. The van der Waals surface area contributed by atoms with Gasteiger partial charge < -0.3 is 11.1 Å². The summed E-state index contributed by atoms with van der Waals surface area (Å²) in [5.41, 5.74) is 7.27. The molecule has 3 N–H and O–H groups in total. The second-order valence-corrected chi connectivity index (χ2v) is 4.44. The van der Waals surface area contributed by atoms with Crippen molar-refractivity contribution < 1.29 is 9.59 Å². The normalized spacial score (nSPS) is 11.9. The van der Waals surface area contributed by atoms with Crippen molar-refractivity contribution >= 4 is 11.8 Å². The minimum atomic E-state index is -0.710. The molecule has 1 aromatic carbocycles. The maximum atomic E-state index is 12.0. The first-order valence-corrected chi connectivity index (χ1v) is 6.05. The summed E-state index contributed by atoms with van der Waals surface area (Å²) in [6, 6.07) is 4.44. The minimum absolute atomic E-state index is 0.343. The lowest BCUT2D eigenvalue weighted by atomic mass is 10.1. The highest BCUT2D eigenvalue weighted by Gasteiger charge is 2.14. The second-order valence-electron chi connectivity index (χ2n) is 4.44. The van der Waals surface area contributed by atoms with Crippen molar-refractivity contribution in [2.45, 2.75) is 19.9 Å². The molecule has 7 heteroatoms. The third-order valence-electron chi connectivity index (χ3n) is 2.90. The number of carbonyl (C=O) groups is 2. The van der Waals surface area contributed by atoms with Crippen molar-refractivity contribution in [3.63, 3.8) is 0 Å². The van der Waals surface area contributed by atoms with E-state index in [2.05, 4.69) is 15.4 Å². The van der Waals surface area contributed by atoms with Crippen LogP contribution in [0.3, 0.4) is 0 Å². The van der Waals surface area contributed by atoms with Gasteiger partial charge in [-0.05, 0) is 37.6 Å². The summed E-state index contributed by atoms with van der Waals surface area (Å²) in [5.74, 6) is -0.918. The fourth-order valence-corrected chi connectivity index (χ4v) is 1.74. The van der Waals surface area contributed by atoms with Gasteiger partial charge in [0, 0.05) is 5.56 Å². The largest absolute Gasteiger partial charge is 0.368 e. The number of benzene rings is 1. The Kier molecular flexibility index (Phi) is 3.79. The van der Waals surface area contributed by atoms with Crippen LogP contribution in [-0.4, -0.2) is 32.6 Å². The molecule has 2 amide bonds. The summed E-state index contributed by atoms with van der Waals surface area (Å²) < 4.78 is 1.61. The van der Waals surface area contributed by atoms with E-state index < -0.39 is 11.9 Å². The lowest BCUT2D eigenvalue weighted by molar-refractivity contribution is -0.119. The van der Waals surface area contributed by atoms with Crippen LogP contribution < -0.4 is 11.1 Å². The van der Waals surface area contributed by atoms with Crippen molar-refractivity contribution in [3.8, 4) is 5.69 Å². The third-order valence-corrected chi connectivity index (χ3v) is 2.90. The van der Waals surface area contributed by atoms with Gasteiger partial charge in [-0.1, -0.05) is 0 Å². The van der Waals surface area contributed by atoms with Crippen LogP contribution in [0.15, 0.2) is 30.9 Å². The van der Waals surface area contributed by atoms with Crippen LogP contribution in [0.2, 0.25) is 0 Å².